The predicted octanol–water partition coefficient (Wildman–Crippen LogP) is 3.56. The van der Waals surface area contributed by atoms with E-state index in [9.17, 15) is 4.79 Å². The van der Waals surface area contributed by atoms with Gasteiger partial charge >= 0.3 is 0 Å². The molecule has 1 radical (unpaired) electrons. The molecule has 0 aliphatic carbocycles. The zero-order valence-corrected chi connectivity index (χ0v) is 8.79. The van der Waals surface area contributed by atoms with Crippen molar-refractivity contribution >= 4 is 18.2 Å². The highest BCUT2D eigenvalue weighted by atomic mass is 35.5. The summed E-state index contributed by atoms with van der Waals surface area (Å²) in [6.07, 6.45) is 6.83. The highest BCUT2D eigenvalue weighted by Gasteiger charge is 1.99. The molecule has 0 aromatic heterocycles. The molecule has 0 unspecified atom stereocenters. The standard InChI is InChI=1S/C10H19O.ClH/c1-3-5-7-9-10(11)8-6-4-2;/h1,3-9H2,2H3;1H. The number of ketones is 1. The van der Waals surface area contributed by atoms with Gasteiger partial charge in [0.1, 0.15) is 5.78 Å². The summed E-state index contributed by atoms with van der Waals surface area (Å²) in [6, 6.07) is 0. The fourth-order valence-electron chi connectivity index (χ4n) is 0.998. The molecule has 0 saturated heterocycles. The first kappa shape index (κ1) is 14.5. The normalized spacial score (nSPS) is 9.17. The lowest BCUT2D eigenvalue weighted by molar-refractivity contribution is -0.119. The van der Waals surface area contributed by atoms with Crippen molar-refractivity contribution in [3.8, 4) is 0 Å². The summed E-state index contributed by atoms with van der Waals surface area (Å²) in [5.74, 6) is 0.431. The molecule has 0 atom stereocenters. The van der Waals surface area contributed by atoms with E-state index in [0.29, 0.717) is 5.78 Å². The first-order valence-electron chi connectivity index (χ1n) is 4.62. The third kappa shape index (κ3) is 9.96. The maximum atomic E-state index is 11.1. The van der Waals surface area contributed by atoms with Crippen LogP contribution < -0.4 is 0 Å². The molecular weight excluding hydrogens is 172 g/mol. The van der Waals surface area contributed by atoms with Crippen LogP contribution in [0.2, 0.25) is 0 Å². The van der Waals surface area contributed by atoms with Crippen LogP contribution in [0.5, 0.6) is 0 Å². The first-order valence-corrected chi connectivity index (χ1v) is 4.62. The number of hydrogen-bond donors (Lipinski definition) is 0. The van der Waals surface area contributed by atoms with Gasteiger partial charge in [-0.3, -0.25) is 4.79 Å². The Morgan fingerprint density at radius 2 is 1.75 bits per heavy atom. The van der Waals surface area contributed by atoms with Gasteiger partial charge in [0.2, 0.25) is 0 Å². The fraction of sp³-hybridized carbons (Fsp3) is 0.800. The van der Waals surface area contributed by atoms with E-state index in [-0.39, 0.29) is 12.4 Å². The van der Waals surface area contributed by atoms with Gasteiger partial charge in [0, 0.05) is 12.8 Å². The third-order valence-electron chi connectivity index (χ3n) is 1.76. The van der Waals surface area contributed by atoms with Crippen LogP contribution in [0.3, 0.4) is 0 Å². The minimum Gasteiger partial charge on any atom is -0.300 e. The van der Waals surface area contributed by atoms with E-state index in [1.54, 1.807) is 0 Å². The van der Waals surface area contributed by atoms with Crippen molar-refractivity contribution in [1.82, 2.24) is 0 Å². The lowest BCUT2D eigenvalue weighted by atomic mass is 10.1. The minimum absolute atomic E-state index is 0. The molecule has 0 fully saturated rings. The summed E-state index contributed by atoms with van der Waals surface area (Å²) in [7, 11) is 0. The smallest absolute Gasteiger partial charge is 0.132 e. The van der Waals surface area contributed by atoms with Gasteiger partial charge in [-0.05, 0) is 12.8 Å². The average molecular weight is 192 g/mol. The predicted molar refractivity (Wildman–Crippen MR) is 55.6 cm³/mol. The van der Waals surface area contributed by atoms with E-state index >= 15 is 0 Å². The summed E-state index contributed by atoms with van der Waals surface area (Å²) >= 11 is 0. The molecule has 73 valence electrons. The van der Waals surface area contributed by atoms with Crippen LogP contribution >= 0.6 is 12.4 Å². The van der Waals surface area contributed by atoms with E-state index in [1.165, 1.54) is 0 Å². The monoisotopic (exact) mass is 191 g/mol. The Labute approximate surface area is 82.3 Å². The molecular formula is C10H20ClO. The average Bonchev–Trinajstić information content (AvgIpc) is 2.01. The number of unbranched alkanes of at least 4 members (excludes halogenated alkanes) is 3. The van der Waals surface area contributed by atoms with Crippen molar-refractivity contribution in [2.45, 2.75) is 51.9 Å². The third-order valence-corrected chi connectivity index (χ3v) is 1.76. The maximum absolute atomic E-state index is 11.1. The molecule has 12 heavy (non-hydrogen) atoms. The number of halogens is 1. The molecule has 0 aromatic carbocycles. The Bertz CT molecular complexity index is 102. The Hall–Kier alpha value is -0.0400. The van der Waals surface area contributed by atoms with E-state index < -0.39 is 0 Å². The van der Waals surface area contributed by atoms with E-state index in [1.807, 2.05) is 0 Å². The molecule has 0 saturated carbocycles. The number of hydrogen-bond acceptors (Lipinski definition) is 1. The largest absolute Gasteiger partial charge is 0.300 e. The van der Waals surface area contributed by atoms with E-state index in [0.717, 1.165) is 44.9 Å². The van der Waals surface area contributed by atoms with Gasteiger partial charge < -0.3 is 0 Å². The first-order chi connectivity index (χ1) is 5.31. The lowest BCUT2D eigenvalue weighted by Gasteiger charge is -1.97. The van der Waals surface area contributed by atoms with Gasteiger partial charge in [-0.1, -0.05) is 33.1 Å². The molecule has 1 nitrogen and oxygen atoms in total. The number of carbonyl (C=O) groups is 1. The second kappa shape index (κ2) is 11.0. The Kier molecular flexibility index (Phi) is 13.2. The van der Waals surface area contributed by atoms with Gasteiger partial charge in [-0.15, -0.1) is 12.4 Å². The van der Waals surface area contributed by atoms with Crippen molar-refractivity contribution in [1.29, 1.82) is 0 Å². The molecule has 0 amide bonds. The molecule has 0 heterocycles. The summed E-state index contributed by atoms with van der Waals surface area (Å²) < 4.78 is 0. The molecule has 0 bridgehead atoms. The van der Waals surface area contributed by atoms with Crippen LogP contribution in [0.1, 0.15) is 51.9 Å². The maximum Gasteiger partial charge on any atom is 0.132 e. The topological polar surface area (TPSA) is 17.1 Å². The quantitative estimate of drug-likeness (QED) is 0.563. The van der Waals surface area contributed by atoms with Crippen molar-refractivity contribution < 1.29 is 4.79 Å². The van der Waals surface area contributed by atoms with Gasteiger partial charge in [-0.25, -0.2) is 0 Å². The summed E-state index contributed by atoms with van der Waals surface area (Å²) in [4.78, 5) is 11.1. The minimum atomic E-state index is 0. The van der Waals surface area contributed by atoms with Crippen molar-refractivity contribution in [3.05, 3.63) is 6.92 Å². The van der Waals surface area contributed by atoms with Crippen LogP contribution in [-0.4, -0.2) is 5.78 Å². The molecule has 2 heteroatoms. The highest BCUT2D eigenvalue weighted by Crippen LogP contribution is 2.04. The Morgan fingerprint density at radius 3 is 2.25 bits per heavy atom. The highest BCUT2D eigenvalue weighted by molar-refractivity contribution is 5.85. The zero-order chi connectivity index (χ0) is 8.53. The van der Waals surface area contributed by atoms with Crippen molar-refractivity contribution in [2.24, 2.45) is 0 Å². The summed E-state index contributed by atoms with van der Waals surface area (Å²) in [5.41, 5.74) is 0. The summed E-state index contributed by atoms with van der Waals surface area (Å²) in [6.45, 7) is 5.85. The van der Waals surface area contributed by atoms with Gasteiger partial charge in [0.15, 0.2) is 0 Å². The number of carbonyl (C=O) groups excluding carboxylic acids is 1. The van der Waals surface area contributed by atoms with Crippen LogP contribution in [0.15, 0.2) is 0 Å². The van der Waals surface area contributed by atoms with Crippen LogP contribution in [0, 0.1) is 6.92 Å². The van der Waals surface area contributed by atoms with E-state index in [2.05, 4.69) is 13.8 Å². The number of Topliss-reactive ketones (excluding diaryl/α,β-unsaturated/α-hetero) is 1. The second-order valence-electron chi connectivity index (χ2n) is 2.95. The zero-order valence-electron chi connectivity index (χ0n) is 7.97. The Balaban J connectivity index is 0. The van der Waals surface area contributed by atoms with Crippen molar-refractivity contribution in [2.75, 3.05) is 0 Å². The lowest BCUT2D eigenvalue weighted by Crippen LogP contribution is -1.96. The van der Waals surface area contributed by atoms with Gasteiger partial charge in [0.05, 0.1) is 0 Å². The molecule has 0 aromatic rings. The molecule has 0 rings (SSSR count). The van der Waals surface area contributed by atoms with Gasteiger partial charge in [-0.2, -0.15) is 0 Å². The van der Waals surface area contributed by atoms with Gasteiger partial charge in [0.25, 0.3) is 0 Å². The SMILES string of the molecule is Cl.[CH2]CCCCC(=O)CCCC. The molecule has 0 spiro atoms. The van der Waals surface area contributed by atoms with Crippen LogP contribution in [0.25, 0.3) is 0 Å². The summed E-state index contributed by atoms with van der Waals surface area (Å²) in [5, 5.41) is 0. The Morgan fingerprint density at radius 1 is 1.17 bits per heavy atom. The number of rotatable bonds is 7. The fourth-order valence-corrected chi connectivity index (χ4v) is 0.998. The molecule has 0 aliphatic heterocycles. The molecule has 0 aliphatic rings. The second-order valence-corrected chi connectivity index (χ2v) is 2.95. The van der Waals surface area contributed by atoms with Crippen LogP contribution in [-0.2, 0) is 4.79 Å². The molecule has 0 N–H and O–H groups in total. The van der Waals surface area contributed by atoms with Crippen LogP contribution in [0.4, 0.5) is 0 Å². The van der Waals surface area contributed by atoms with E-state index in [4.69, 9.17) is 0 Å². The van der Waals surface area contributed by atoms with Crippen molar-refractivity contribution in [3.63, 3.8) is 0 Å².